The zero-order valence-electron chi connectivity index (χ0n) is 12.2. The molecule has 1 amide bonds. The maximum absolute atomic E-state index is 12.1. The fourth-order valence-electron chi connectivity index (χ4n) is 1.92. The lowest BCUT2D eigenvalue weighted by Gasteiger charge is -2.27. The molecule has 1 atom stereocenters. The van der Waals surface area contributed by atoms with E-state index in [1.807, 2.05) is 6.92 Å². The summed E-state index contributed by atoms with van der Waals surface area (Å²) in [6.45, 7) is 3.74. The van der Waals surface area contributed by atoms with Gasteiger partial charge in [-0.2, -0.15) is 0 Å². The first-order chi connectivity index (χ1) is 9.83. The van der Waals surface area contributed by atoms with E-state index in [0.29, 0.717) is 34.9 Å². The Kier molecular flexibility index (Phi) is 6.94. The SMILES string of the molecule is CCC(O)(CCCO)CNC(=O)c1cc(Cl)c(C)c(Cl)c1. The van der Waals surface area contributed by atoms with Gasteiger partial charge < -0.3 is 15.5 Å². The number of halogens is 2. The van der Waals surface area contributed by atoms with Crippen molar-refractivity contribution in [1.82, 2.24) is 5.32 Å². The van der Waals surface area contributed by atoms with E-state index in [2.05, 4.69) is 5.32 Å². The summed E-state index contributed by atoms with van der Waals surface area (Å²) >= 11 is 12.0. The van der Waals surface area contributed by atoms with E-state index in [4.69, 9.17) is 28.3 Å². The molecule has 0 aliphatic heterocycles. The maximum atomic E-state index is 12.1. The molecule has 1 rings (SSSR count). The monoisotopic (exact) mass is 333 g/mol. The van der Waals surface area contributed by atoms with Crippen LogP contribution in [0.1, 0.15) is 42.1 Å². The molecule has 3 N–H and O–H groups in total. The van der Waals surface area contributed by atoms with Crippen LogP contribution < -0.4 is 5.32 Å². The van der Waals surface area contributed by atoms with Crippen molar-refractivity contribution in [3.05, 3.63) is 33.3 Å². The van der Waals surface area contributed by atoms with Crippen LogP contribution in [-0.4, -0.2) is 34.9 Å². The van der Waals surface area contributed by atoms with Crippen molar-refractivity contribution >= 4 is 29.1 Å². The largest absolute Gasteiger partial charge is 0.396 e. The molecule has 0 saturated carbocycles. The zero-order valence-corrected chi connectivity index (χ0v) is 13.8. The third-order valence-corrected chi connectivity index (χ3v) is 4.36. The summed E-state index contributed by atoms with van der Waals surface area (Å²) in [7, 11) is 0. The second-order valence-electron chi connectivity index (χ2n) is 5.15. The number of rotatable bonds is 7. The number of aliphatic hydroxyl groups excluding tert-OH is 1. The molecule has 0 fully saturated rings. The Labute approximate surface area is 135 Å². The topological polar surface area (TPSA) is 69.6 Å². The average Bonchev–Trinajstić information content (AvgIpc) is 2.47. The molecule has 0 aliphatic carbocycles. The Bertz CT molecular complexity index is 485. The van der Waals surface area contributed by atoms with Crippen molar-refractivity contribution in [2.75, 3.05) is 13.2 Å². The molecular formula is C15H21Cl2NO3. The van der Waals surface area contributed by atoms with Gasteiger partial charge in [0.2, 0.25) is 0 Å². The Hall–Kier alpha value is -0.810. The molecule has 0 spiro atoms. The molecule has 21 heavy (non-hydrogen) atoms. The predicted molar refractivity (Wildman–Crippen MR) is 85.1 cm³/mol. The van der Waals surface area contributed by atoms with E-state index >= 15 is 0 Å². The number of carbonyl (C=O) groups excluding carboxylic acids is 1. The third kappa shape index (κ3) is 5.15. The van der Waals surface area contributed by atoms with Crippen molar-refractivity contribution in [2.24, 2.45) is 0 Å². The van der Waals surface area contributed by atoms with Crippen molar-refractivity contribution in [3.8, 4) is 0 Å². The quantitative estimate of drug-likeness (QED) is 0.718. The summed E-state index contributed by atoms with van der Waals surface area (Å²) in [5, 5.41) is 22.7. The number of aliphatic hydroxyl groups is 2. The van der Waals surface area contributed by atoms with E-state index in [1.54, 1.807) is 19.1 Å². The maximum Gasteiger partial charge on any atom is 0.251 e. The first-order valence-electron chi connectivity index (χ1n) is 6.90. The van der Waals surface area contributed by atoms with Gasteiger partial charge in [-0.15, -0.1) is 0 Å². The lowest BCUT2D eigenvalue weighted by atomic mass is 9.94. The molecule has 0 aliphatic rings. The van der Waals surface area contributed by atoms with Crippen molar-refractivity contribution < 1.29 is 15.0 Å². The highest BCUT2D eigenvalue weighted by Crippen LogP contribution is 2.25. The van der Waals surface area contributed by atoms with Gasteiger partial charge in [0, 0.05) is 28.8 Å². The highest BCUT2D eigenvalue weighted by molar-refractivity contribution is 6.36. The summed E-state index contributed by atoms with van der Waals surface area (Å²) in [6.07, 6.45) is 1.40. The van der Waals surface area contributed by atoms with Crippen molar-refractivity contribution in [1.29, 1.82) is 0 Å². The molecule has 1 unspecified atom stereocenters. The van der Waals surface area contributed by atoms with Gasteiger partial charge in [0.1, 0.15) is 0 Å². The van der Waals surface area contributed by atoms with Crippen LogP contribution in [0, 0.1) is 6.92 Å². The minimum Gasteiger partial charge on any atom is -0.396 e. The summed E-state index contributed by atoms with van der Waals surface area (Å²) in [6, 6.07) is 3.10. The zero-order chi connectivity index (χ0) is 16.0. The molecule has 0 saturated heterocycles. The highest BCUT2D eigenvalue weighted by atomic mass is 35.5. The molecule has 1 aromatic rings. The second-order valence-corrected chi connectivity index (χ2v) is 5.97. The van der Waals surface area contributed by atoms with Crippen LogP contribution in [-0.2, 0) is 0 Å². The van der Waals surface area contributed by atoms with Gasteiger partial charge in [0.05, 0.1) is 5.60 Å². The van der Waals surface area contributed by atoms with Gasteiger partial charge in [-0.3, -0.25) is 4.79 Å². The van der Waals surface area contributed by atoms with Gasteiger partial charge >= 0.3 is 0 Å². The summed E-state index contributed by atoms with van der Waals surface area (Å²) in [5.41, 5.74) is 0.0653. The summed E-state index contributed by atoms with van der Waals surface area (Å²) < 4.78 is 0. The van der Waals surface area contributed by atoms with Crippen LogP contribution in [0.5, 0.6) is 0 Å². The van der Waals surface area contributed by atoms with Crippen LogP contribution in [0.4, 0.5) is 0 Å². The molecule has 4 nitrogen and oxygen atoms in total. The summed E-state index contributed by atoms with van der Waals surface area (Å²) in [5.74, 6) is -0.338. The van der Waals surface area contributed by atoms with Gasteiger partial charge in [-0.25, -0.2) is 0 Å². The standard InChI is InChI=1S/C15H21Cl2NO3/c1-3-15(21,5-4-6-19)9-18-14(20)11-7-12(16)10(2)13(17)8-11/h7-8,19,21H,3-6,9H2,1-2H3,(H,18,20). The number of carbonyl (C=O) groups is 1. The van der Waals surface area contributed by atoms with Gasteiger partial charge in [0.15, 0.2) is 0 Å². The first-order valence-corrected chi connectivity index (χ1v) is 7.65. The predicted octanol–water partition coefficient (Wildman–Crippen LogP) is 2.95. The Morgan fingerprint density at radius 2 is 1.90 bits per heavy atom. The molecule has 1 aromatic carbocycles. The van der Waals surface area contributed by atoms with Crippen LogP contribution >= 0.6 is 23.2 Å². The molecule has 0 aromatic heterocycles. The van der Waals surface area contributed by atoms with Crippen molar-refractivity contribution in [2.45, 2.75) is 38.7 Å². The molecule has 0 bridgehead atoms. The number of hydrogen-bond acceptors (Lipinski definition) is 3. The van der Waals surface area contributed by atoms with E-state index in [0.717, 1.165) is 5.56 Å². The number of amides is 1. The average molecular weight is 334 g/mol. The normalized spacial score (nSPS) is 13.8. The van der Waals surface area contributed by atoms with E-state index < -0.39 is 5.60 Å². The fourth-order valence-corrected chi connectivity index (χ4v) is 2.41. The molecule has 6 heteroatoms. The number of benzene rings is 1. The second kappa shape index (κ2) is 7.99. The minimum atomic E-state index is -1.02. The molecule has 0 radical (unpaired) electrons. The number of hydrogen-bond donors (Lipinski definition) is 3. The van der Waals surface area contributed by atoms with Gasteiger partial charge in [0.25, 0.3) is 5.91 Å². The Morgan fingerprint density at radius 1 is 1.33 bits per heavy atom. The third-order valence-electron chi connectivity index (χ3n) is 3.58. The van der Waals surface area contributed by atoms with Gasteiger partial charge in [-0.05, 0) is 43.9 Å². The lowest BCUT2D eigenvalue weighted by molar-refractivity contribution is 0.0212. The van der Waals surface area contributed by atoms with Crippen LogP contribution in [0.3, 0.4) is 0 Å². The fraction of sp³-hybridized carbons (Fsp3) is 0.533. The molecule has 118 valence electrons. The number of nitrogens with one attached hydrogen (secondary N) is 1. The van der Waals surface area contributed by atoms with Crippen LogP contribution in [0.2, 0.25) is 10.0 Å². The van der Waals surface area contributed by atoms with E-state index in [1.165, 1.54) is 0 Å². The minimum absolute atomic E-state index is 0.0133. The van der Waals surface area contributed by atoms with E-state index in [9.17, 15) is 9.90 Å². The molecular weight excluding hydrogens is 313 g/mol. The van der Waals surface area contributed by atoms with E-state index in [-0.39, 0.29) is 19.1 Å². The first kappa shape index (κ1) is 18.2. The summed E-state index contributed by atoms with van der Waals surface area (Å²) in [4.78, 5) is 12.1. The highest BCUT2D eigenvalue weighted by Gasteiger charge is 2.25. The van der Waals surface area contributed by atoms with Crippen LogP contribution in [0.25, 0.3) is 0 Å². The smallest absolute Gasteiger partial charge is 0.251 e. The molecule has 0 heterocycles. The van der Waals surface area contributed by atoms with Crippen LogP contribution in [0.15, 0.2) is 12.1 Å². The van der Waals surface area contributed by atoms with Gasteiger partial charge in [-0.1, -0.05) is 30.1 Å². The Balaban J connectivity index is 2.73. The Morgan fingerprint density at radius 3 is 2.38 bits per heavy atom. The lowest BCUT2D eigenvalue weighted by Crippen LogP contribution is -2.42. The van der Waals surface area contributed by atoms with Crippen molar-refractivity contribution in [3.63, 3.8) is 0 Å².